The molecule has 0 aromatic carbocycles. The smallest absolute Gasteiger partial charge is 0.0772 e. The van der Waals surface area contributed by atoms with E-state index < -0.39 is 0 Å². The van der Waals surface area contributed by atoms with Crippen molar-refractivity contribution in [3.05, 3.63) is 10.6 Å². The Morgan fingerprint density at radius 3 is 2.75 bits per heavy atom. The fraction of sp³-hybridized carbons (Fsp3) is 0.833. The van der Waals surface area contributed by atoms with Gasteiger partial charge in [-0.2, -0.15) is 0 Å². The van der Waals surface area contributed by atoms with E-state index in [0.717, 1.165) is 18.2 Å². The van der Waals surface area contributed by atoms with Crippen LogP contribution >= 0.6 is 11.5 Å². The molecule has 1 N–H and O–H groups in total. The molecule has 0 spiro atoms. The van der Waals surface area contributed by atoms with Gasteiger partial charge in [-0.05, 0) is 37.3 Å². The van der Waals surface area contributed by atoms with E-state index in [1.807, 2.05) is 0 Å². The second-order valence-corrected chi connectivity index (χ2v) is 5.50. The normalized spacial score (nSPS) is 19.1. The summed E-state index contributed by atoms with van der Waals surface area (Å²) in [5.41, 5.74) is 1.11. The molecule has 1 aliphatic rings. The van der Waals surface area contributed by atoms with Crippen molar-refractivity contribution in [2.45, 2.75) is 52.0 Å². The van der Waals surface area contributed by atoms with Gasteiger partial charge >= 0.3 is 0 Å². The average Bonchev–Trinajstić information content (AvgIpc) is 2.88. The molecule has 0 radical (unpaired) electrons. The highest BCUT2D eigenvalue weighted by Gasteiger charge is 2.23. The third kappa shape index (κ3) is 2.80. The second-order valence-electron chi connectivity index (χ2n) is 4.72. The van der Waals surface area contributed by atoms with Crippen LogP contribution < -0.4 is 5.32 Å². The molecule has 1 aromatic heterocycles. The molecule has 0 bridgehead atoms. The Kier molecular flexibility index (Phi) is 4.29. The van der Waals surface area contributed by atoms with Gasteiger partial charge in [-0.25, -0.2) is 0 Å². The first-order valence-corrected chi connectivity index (χ1v) is 7.10. The summed E-state index contributed by atoms with van der Waals surface area (Å²) in [6.07, 6.45) is 6.92. The molecule has 1 heterocycles. The van der Waals surface area contributed by atoms with Crippen LogP contribution in [0.25, 0.3) is 0 Å². The van der Waals surface area contributed by atoms with Crippen LogP contribution in [0, 0.1) is 12.8 Å². The minimum absolute atomic E-state index is 0.480. The molecule has 2 rings (SSSR count). The number of rotatable bonds is 5. The van der Waals surface area contributed by atoms with Gasteiger partial charge in [0.05, 0.1) is 10.6 Å². The monoisotopic (exact) mass is 239 g/mol. The largest absolute Gasteiger partial charge is 0.309 e. The maximum atomic E-state index is 4.12. The fourth-order valence-corrected chi connectivity index (χ4v) is 3.40. The third-order valence-corrected chi connectivity index (χ3v) is 4.44. The molecule has 0 aliphatic heterocycles. The summed E-state index contributed by atoms with van der Waals surface area (Å²) in [5.74, 6) is 0.908. The Labute approximate surface area is 102 Å². The van der Waals surface area contributed by atoms with E-state index in [9.17, 15) is 0 Å². The lowest BCUT2D eigenvalue weighted by molar-refractivity contribution is 0.403. The Bertz CT molecular complexity index is 318. The molecule has 1 saturated carbocycles. The van der Waals surface area contributed by atoms with Crippen molar-refractivity contribution in [3.63, 3.8) is 0 Å². The summed E-state index contributed by atoms with van der Waals surface area (Å²) in [7, 11) is 0. The van der Waals surface area contributed by atoms with E-state index in [-0.39, 0.29) is 0 Å². The number of hydrogen-bond donors (Lipinski definition) is 1. The van der Waals surface area contributed by atoms with Crippen LogP contribution in [0.3, 0.4) is 0 Å². The molecular weight excluding hydrogens is 218 g/mol. The van der Waals surface area contributed by atoms with Crippen molar-refractivity contribution in [1.82, 2.24) is 14.9 Å². The minimum Gasteiger partial charge on any atom is -0.309 e. The molecule has 1 atom stereocenters. The molecule has 16 heavy (non-hydrogen) atoms. The standard InChI is InChI=1S/C12H21N3S/c1-3-13-11(8-10-6-4-5-7-10)12-9(2)14-15-16-12/h10-11,13H,3-8H2,1-2H3. The maximum Gasteiger partial charge on any atom is 0.0772 e. The van der Waals surface area contributed by atoms with E-state index in [2.05, 4.69) is 28.8 Å². The zero-order valence-corrected chi connectivity index (χ0v) is 11.0. The zero-order chi connectivity index (χ0) is 11.4. The van der Waals surface area contributed by atoms with E-state index in [1.54, 1.807) is 11.5 Å². The van der Waals surface area contributed by atoms with Gasteiger partial charge in [0, 0.05) is 6.04 Å². The maximum absolute atomic E-state index is 4.12. The lowest BCUT2D eigenvalue weighted by atomic mass is 9.97. The lowest BCUT2D eigenvalue weighted by Crippen LogP contribution is -2.22. The van der Waals surface area contributed by atoms with Crippen LogP contribution in [0.5, 0.6) is 0 Å². The molecule has 1 aliphatic carbocycles. The summed E-state index contributed by atoms with van der Waals surface area (Å²) in [5, 5.41) is 7.71. The topological polar surface area (TPSA) is 37.8 Å². The summed E-state index contributed by atoms with van der Waals surface area (Å²) >= 11 is 1.56. The van der Waals surface area contributed by atoms with E-state index in [1.165, 1.54) is 37.0 Å². The molecule has 1 fully saturated rings. The highest BCUT2D eigenvalue weighted by atomic mass is 32.1. The van der Waals surface area contributed by atoms with Crippen molar-refractivity contribution in [3.8, 4) is 0 Å². The van der Waals surface area contributed by atoms with E-state index in [0.29, 0.717) is 6.04 Å². The first kappa shape index (κ1) is 12.0. The van der Waals surface area contributed by atoms with Crippen LogP contribution in [0.15, 0.2) is 0 Å². The first-order chi connectivity index (χ1) is 7.81. The predicted octanol–water partition coefficient (Wildman–Crippen LogP) is 3.08. The number of hydrogen-bond acceptors (Lipinski definition) is 4. The van der Waals surface area contributed by atoms with Gasteiger partial charge in [-0.3, -0.25) is 0 Å². The van der Waals surface area contributed by atoms with Crippen molar-refractivity contribution >= 4 is 11.5 Å². The molecule has 3 nitrogen and oxygen atoms in total. The van der Waals surface area contributed by atoms with Gasteiger partial charge in [0.15, 0.2) is 0 Å². The average molecular weight is 239 g/mol. The van der Waals surface area contributed by atoms with Gasteiger partial charge in [-0.1, -0.05) is 37.1 Å². The highest BCUT2D eigenvalue weighted by Crippen LogP contribution is 2.34. The molecule has 0 saturated heterocycles. The molecule has 4 heteroatoms. The second kappa shape index (κ2) is 5.73. The fourth-order valence-electron chi connectivity index (χ4n) is 2.67. The molecule has 90 valence electrons. The van der Waals surface area contributed by atoms with E-state index in [4.69, 9.17) is 0 Å². The Hall–Kier alpha value is -0.480. The third-order valence-electron chi connectivity index (χ3n) is 3.50. The van der Waals surface area contributed by atoms with Gasteiger partial charge in [0.2, 0.25) is 0 Å². The van der Waals surface area contributed by atoms with Crippen LogP contribution in [-0.2, 0) is 0 Å². The number of nitrogens with one attached hydrogen (secondary N) is 1. The van der Waals surface area contributed by atoms with Crippen LogP contribution in [0.1, 0.15) is 55.6 Å². The van der Waals surface area contributed by atoms with Crippen molar-refractivity contribution in [1.29, 1.82) is 0 Å². The van der Waals surface area contributed by atoms with Gasteiger partial charge in [0.1, 0.15) is 0 Å². The molecule has 1 unspecified atom stereocenters. The lowest BCUT2D eigenvalue weighted by Gasteiger charge is -2.20. The van der Waals surface area contributed by atoms with E-state index >= 15 is 0 Å². The summed E-state index contributed by atoms with van der Waals surface area (Å²) in [6.45, 7) is 5.26. The molecular formula is C12H21N3S. The Morgan fingerprint density at radius 2 is 2.19 bits per heavy atom. The van der Waals surface area contributed by atoms with Gasteiger partial charge in [-0.15, -0.1) is 5.10 Å². The van der Waals surface area contributed by atoms with Gasteiger partial charge in [0.25, 0.3) is 0 Å². The number of nitrogens with zero attached hydrogens (tertiary/aromatic N) is 2. The van der Waals surface area contributed by atoms with Crippen LogP contribution in [-0.4, -0.2) is 16.1 Å². The quantitative estimate of drug-likeness (QED) is 0.858. The minimum atomic E-state index is 0.480. The van der Waals surface area contributed by atoms with Crippen LogP contribution in [0.2, 0.25) is 0 Å². The predicted molar refractivity (Wildman–Crippen MR) is 67.6 cm³/mol. The molecule has 1 aromatic rings. The molecule has 0 amide bonds. The Morgan fingerprint density at radius 1 is 1.44 bits per heavy atom. The highest BCUT2D eigenvalue weighted by molar-refractivity contribution is 7.05. The SMILES string of the molecule is CCNC(CC1CCCC1)c1snnc1C. The van der Waals surface area contributed by atoms with Crippen molar-refractivity contribution in [2.75, 3.05) is 6.54 Å². The summed E-state index contributed by atoms with van der Waals surface area (Å²) < 4.78 is 4.05. The van der Waals surface area contributed by atoms with Gasteiger partial charge < -0.3 is 5.32 Å². The summed E-state index contributed by atoms with van der Waals surface area (Å²) in [4.78, 5) is 1.34. The van der Waals surface area contributed by atoms with Crippen LogP contribution in [0.4, 0.5) is 0 Å². The first-order valence-electron chi connectivity index (χ1n) is 6.33. The Balaban J connectivity index is 2.01. The van der Waals surface area contributed by atoms with Crippen molar-refractivity contribution < 1.29 is 0 Å². The number of aryl methyl sites for hydroxylation is 1. The van der Waals surface area contributed by atoms with Crippen molar-refractivity contribution in [2.24, 2.45) is 5.92 Å². The zero-order valence-electron chi connectivity index (χ0n) is 10.2. The summed E-state index contributed by atoms with van der Waals surface area (Å²) in [6, 6.07) is 0.480. The number of aromatic nitrogens is 2.